The van der Waals surface area contributed by atoms with Gasteiger partial charge in [0.1, 0.15) is 13.2 Å². The highest BCUT2D eigenvalue weighted by atomic mass is 16.6. The van der Waals surface area contributed by atoms with Gasteiger partial charge in [-0.15, -0.1) is 0 Å². The molecule has 0 saturated carbocycles. The van der Waals surface area contributed by atoms with Gasteiger partial charge in [0.05, 0.1) is 0 Å². The maximum Gasteiger partial charge on any atom is 0.306 e. The van der Waals surface area contributed by atoms with Gasteiger partial charge in [-0.3, -0.25) is 14.4 Å². The smallest absolute Gasteiger partial charge is 0.306 e. The Bertz CT molecular complexity index is 723. The van der Waals surface area contributed by atoms with Gasteiger partial charge in [0.25, 0.3) is 0 Å². The first-order chi connectivity index (χ1) is 24.0. The maximum absolute atomic E-state index is 12.6. The molecular weight excluding hydrogens is 612 g/mol. The molecule has 0 saturated heterocycles. The Morgan fingerprint density at radius 1 is 0.327 bits per heavy atom. The Balaban J connectivity index is 4.25. The summed E-state index contributed by atoms with van der Waals surface area (Å²) in [4.78, 5) is 37.4. The molecule has 290 valence electrons. The van der Waals surface area contributed by atoms with E-state index in [9.17, 15) is 14.4 Å². The number of carbonyl (C=O) groups is 3. The average Bonchev–Trinajstić information content (AvgIpc) is 3.10. The number of rotatable bonds is 39. The summed E-state index contributed by atoms with van der Waals surface area (Å²) < 4.78 is 16.6. The molecule has 0 aliphatic heterocycles. The van der Waals surface area contributed by atoms with Crippen LogP contribution < -0.4 is 0 Å². The van der Waals surface area contributed by atoms with E-state index in [2.05, 4.69) is 20.8 Å². The molecule has 0 radical (unpaired) electrons. The van der Waals surface area contributed by atoms with Gasteiger partial charge in [0.15, 0.2) is 6.10 Å². The molecule has 6 heteroatoms. The lowest BCUT2D eigenvalue weighted by molar-refractivity contribution is -0.167. The largest absolute Gasteiger partial charge is 0.462 e. The van der Waals surface area contributed by atoms with E-state index in [0.29, 0.717) is 19.3 Å². The van der Waals surface area contributed by atoms with Crippen molar-refractivity contribution in [2.75, 3.05) is 13.2 Å². The SMILES string of the molecule is CCCCCCCCCCCCCCCC(=O)OCC(COC(=O)CCCCCCCC)OC(=O)CCCCCCCCCCCCCC. The summed E-state index contributed by atoms with van der Waals surface area (Å²) in [6, 6.07) is 0. The van der Waals surface area contributed by atoms with Crippen LogP contribution >= 0.6 is 0 Å². The van der Waals surface area contributed by atoms with E-state index in [1.54, 1.807) is 0 Å². The van der Waals surface area contributed by atoms with Crippen molar-refractivity contribution >= 4 is 17.9 Å². The van der Waals surface area contributed by atoms with E-state index < -0.39 is 6.10 Å². The summed E-state index contributed by atoms with van der Waals surface area (Å²) in [6.45, 7) is 6.58. The molecule has 0 rings (SSSR count). The average molecular weight is 695 g/mol. The van der Waals surface area contributed by atoms with Crippen LogP contribution in [0.3, 0.4) is 0 Å². The lowest BCUT2D eigenvalue weighted by atomic mass is 10.0. The lowest BCUT2D eigenvalue weighted by Gasteiger charge is -2.18. The van der Waals surface area contributed by atoms with E-state index in [0.717, 1.165) is 57.8 Å². The van der Waals surface area contributed by atoms with Gasteiger partial charge in [0, 0.05) is 19.3 Å². The summed E-state index contributed by atoms with van der Waals surface area (Å²) in [5, 5.41) is 0. The second-order valence-electron chi connectivity index (χ2n) is 14.6. The Hall–Kier alpha value is -1.59. The molecule has 0 aliphatic rings. The van der Waals surface area contributed by atoms with Gasteiger partial charge in [-0.25, -0.2) is 0 Å². The van der Waals surface area contributed by atoms with Crippen molar-refractivity contribution in [3.05, 3.63) is 0 Å². The van der Waals surface area contributed by atoms with Crippen molar-refractivity contribution in [2.24, 2.45) is 0 Å². The fourth-order valence-electron chi connectivity index (χ4n) is 6.32. The third-order valence-corrected chi connectivity index (χ3v) is 9.61. The van der Waals surface area contributed by atoms with E-state index in [-0.39, 0.29) is 31.1 Å². The number of ether oxygens (including phenoxy) is 3. The van der Waals surface area contributed by atoms with Crippen LogP contribution in [-0.2, 0) is 28.6 Å². The van der Waals surface area contributed by atoms with Gasteiger partial charge >= 0.3 is 17.9 Å². The fraction of sp³-hybridized carbons (Fsp3) is 0.930. The quantitative estimate of drug-likeness (QED) is 0.0362. The molecule has 1 unspecified atom stereocenters. The highest BCUT2D eigenvalue weighted by Gasteiger charge is 2.19. The minimum Gasteiger partial charge on any atom is -0.462 e. The molecule has 0 aromatic rings. The van der Waals surface area contributed by atoms with Crippen LogP contribution in [0.15, 0.2) is 0 Å². The summed E-state index contributed by atoms with van der Waals surface area (Å²) in [5.41, 5.74) is 0. The molecule has 0 aromatic heterocycles. The molecule has 1 atom stereocenters. The minimum absolute atomic E-state index is 0.0637. The molecule has 6 nitrogen and oxygen atoms in total. The number of hydrogen-bond acceptors (Lipinski definition) is 6. The zero-order chi connectivity index (χ0) is 35.9. The van der Waals surface area contributed by atoms with Gasteiger partial charge in [-0.2, -0.15) is 0 Å². The minimum atomic E-state index is -0.756. The van der Waals surface area contributed by atoms with Crippen molar-refractivity contribution in [1.29, 1.82) is 0 Å². The number of hydrogen-bond donors (Lipinski definition) is 0. The van der Waals surface area contributed by atoms with Gasteiger partial charge in [-0.05, 0) is 19.3 Å². The summed E-state index contributed by atoms with van der Waals surface area (Å²) in [7, 11) is 0. The van der Waals surface area contributed by atoms with Crippen LogP contribution in [0.2, 0.25) is 0 Å². The molecule has 0 heterocycles. The molecule has 49 heavy (non-hydrogen) atoms. The van der Waals surface area contributed by atoms with Crippen LogP contribution in [0.4, 0.5) is 0 Å². The van der Waals surface area contributed by atoms with Crippen molar-refractivity contribution in [2.45, 2.75) is 245 Å². The van der Waals surface area contributed by atoms with Crippen molar-refractivity contribution in [1.82, 2.24) is 0 Å². The van der Waals surface area contributed by atoms with Crippen molar-refractivity contribution in [3.8, 4) is 0 Å². The second kappa shape index (κ2) is 39.2. The highest BCUT2D eigenvalue weighted by Crippen LogP contribution is 2.15. The predicted octanol–water partition coefficient (Wildman–Crippen LogP) is 13.3. The fourth-order valence-corrected chi connectivity index (χ4v) is 6.32. The topological polar surface area (TPSA) is 78.9 Å². The number of esters is 3. The molecular formula is C43H82O6. The summed E-state index contributed by atoms with van der Waals surface area (Å²) in [5.74, 6) is -0.865. The lowest BCUT2D eigenvalue weighted by Crippen LogP contribution is -2.30. The van der Waals surface area contributed by atoms with Crippen LogP contribution in [0.1, 0.15) is 239 Å². The first-order valence-corrected chi connectivity index (χ1v) is 21.5. The van der Waals surface area contributed by atoms with Crippen LogP contribution in [-0.4, -0.2) is 37.2 Å². The molecule has 0 amide bonds. The highest BCUT2D eigenvalue weighted by molar-refractivity contribution is 5.71. The first kappa shape index (κ1) is 47.4. The third-order valence-electron chi connectivity index (χ3n) is 9.61. The predicted molar refractivity (Wildman–Crippen MR) is 206 cm³/mol. The summed E-state index contributed by atoms with van der Waals surface area (Å²) >= 11 is 0. The second-order valence-corrected chi connectivity index (χ2v) is 14.6. The van der Waals surface area contributed by atoms with Gasteiger partial charge in [-0.1, -0.05) is 201 Å². The molecule has 0 bridgehead atoms. The molecule has 0 spiro atoms. The molecule has 0 fully saturated rings. The molecule has 0 aromatic carbocycles. The van der Waals surface area contributed by atoms with E-state index in [1.165, 1.54) is 141 Å². The standard InChI is InChI=1S/C43H82O6/c1-4-7-10-13-16-18-20-22-24-25-27-30-33-36-42(45)48-39-40(38-47-41(44)35-32-29-15-12-9-6-3)49-43(46)37-34-31-28-26-23-21-19-17-14-11-8-5-2/h40H,4-39H2,1-3H3. The van der Waals surface area contributed by atoms with Crippen LogP contribution in [0.5, 0.6) is 0 Å². The first-order valence-electron chi connectivity index (χ1n) is 21.5. The Morgan fingerprint density at radius 2 is 0.551 bits per heavy atom. The summed E-state index contributed by atoms with van der Waals surface area (Å²) in [6.07, 6.45) is 38.1. The monoisotopic (exact) mass is 695 g/mol. The third kappa shape index (κ3) is 37.5. The van der Waals surface area contributed by atoms with E-state index >= 15 is 0 Å². The Kier molecular flexibility index (Phi) is 37.9. The Labute approximate surface area is 304 Å². The Morgan fingerprint density at radius 3 is 0.816 bits per heavy atom. The van der Waals surface area contributed by atoms with Crippen LogP contribution in [0.25, 0.3) is 0 Å². The number of carbonyl (C=O) groups excluding carboxylic acids is 3. The van der Waals surface area contributed by atoms with E-state index in [4.69, 9.17) is 14.2 Å². The van der Waals surface area contributed by atoms with Gasteiger partial charge in [0.2, 0.25) is 0 Å². The van der Waals surface area contributed by atoms with E-state index in [1.807, 2.05) is 0 Å². The molecule has 0 aliphatic carbocycles. The number of unbranched alkanes of at least 4 members (excludes halogenated alkanes) is 28. The van der Waals surface area contributed by atoms with Crippen molar-refractivity contribution in [3.63, 3.8) is 0 Å². The van der Waals surface area contributed by atoms with Crippen LogP contribution in [0, 0.1) is 0 Å². The van der Waals surface area contributed by atoms with Crippen molar-refractivity contribution < 1.29 is 28.6 Å². The normalized spacial score (nSPS) is 11.8. The maximum atomic E-state index is 12.6. The van der Waals surface area contributed by atoms with Gasteiger partial charge < -0.3 is 14.2 Å². The zero-order valence-electron chi connectivity index (χ0n) is 33.0. The molecule has 0 N–H and O–H groups in total. The zero-order valence-corrected chi connectivity index (χ0v) is 33.0.